The van der Waals surface area contributed by atoms with Crippen LogP contribution in [0.15, 0.2) is 57.9 Å². The second-order valence-electron chi connectivity index (χ2n) is 6.27. The molecule has 0 radical (unpaired) electrons. The lowest BCUT2D eigenvalue weighted by Crippen LogP contribution is -2.43. The SMILES string of the molecule is CCOc1ccc(N(CC(=O)N[C@H](C)CC)S(=O)(=O)c2ccc(Br)cc2)cc1. The predicted octanol–water partition coefficient (Wildman–Crippen LogP) is 3.96. The van der Waals surface area contributed by atoms with Crippen LogP contribution in [0.3, 0.4) is 0 Å². The fraction of sp³-hybridized carbons (Fsp3) is 0.350. The molecular formula is C20H25BrN2O4S. The van der Waals surface area contributed by atoms with E-state index in [9.17, 15) is 13.2 Å². The topological polar surface area (TPSA) is 75.7 Å². The van der Waals surface area contributed by atoms with Gasteiger partial charge in [-0.3, -0.25) is 9.10 Å². The van der Waals surface area contributed by atoms with Gasteiger partial charge in [0.05, 0.1) is 17.2 Å². The van der Waals surface area contributed by atoms with Crippen molar-refractivity contribution in [2.24, 2.45) is 0 Å². The summed E-state index contributed by atoms with van der Waals surface area (Å²) in [5, 5.41) is 2.82. The average molecular weight is 469 g/mol. The fourth-order valence-electron chi connectivity index (χ4n) is 2.48. The predicted molar refractivity (Wildman–Crippen MR) is 114 cm³/mol. The van der Waals surface area contributed by atoms with Crippen molar-refractivity contribution < 1.29 is 17.9 Å². The summed E-state index contributed by atoms with van der Waals surface area (Å²) in [6.07, 6.45) is 0.758. The Morgan fingerprint density at radius 1 is 1.11 bits per heavy atom. The second-order valence-corrected chi connectivity index (χ2v) is 9.05. The number of nitrogens with zero attached hydrogens (tertiary/aromatic N) is 1. The van der Waals surface area contributed by atoms with Crippen LogP contribution in [-0.2, 0) is 14.8 Å². The van der Waals surface area contributed by atoms with Gasteiger partial charge in [-0.05, 0) is 68.8 Å². The molecule has 0 bridgehead atoms. The van der Waals surface area contributed by atoms with Crippen LogP contribution in [0.1, 0.15) is 27.2 Å². The first-order valence-corrected chi connectivity index (χ1v) is 11.3. The highest BCUT2D eigenvalue weighted by Crippen LogP contribution is 2.26. The number of carbonyl (C=O) groups is 1. The molecule has 0 saturated heterocycles. The van der Waals surface area contributed by atoms with Gasteiger partial charge < -0.3 is 10.1 Å². The molecule has 1 amide bonds. The molecule has 0 fully saturated rings. The first kappa shape index (κ1) is 22.2. The molecule has 2 aromatic rings. The number of benzene rings is 2. The van der Waals surface area contributed by atoms with Crippen LogP contribution in [-0.4, -0.2) is 33.5 Å². The van der Waals surface area contributed by atoms with Crippen LogP contribution in [0, 0.1) is 0 Å². The molecule has 0 aromatic heterocycles. The van der Waals surface area contributed by atoms with Gasteiger partial charge >= 0.3 is 0 Å². The highest BCUT2D eigenvalue weighted by Gasteiger charge is 2.27. The molecule has 0 saturated carbocycles. The van der Waals surface area contributed by atoms with Crippen molar-refractivity contribution in [3.05, 3.63) is 53.0 Å². The summed E-state index contributed by atoms with van der Waals surface area (Å²) in [5.74, 6) is 0.278. The van der Waals surface area contributed by atoms with Crippen LogP contribution in [0.25, 0.3) is 0 Å². The molecule has 0 aliphatic heterocycles. The van der Waals surface area contributed by atoms with E-state index in [1.165, 1.54) is 12.1 Å². The number of amides is 1. The number of sulfonamides is 1. The largest absolute Gasteiger partial charge is 0.494 e. The Morgan fingerprint density at radius 2 is 1.71 bits per heavy atom. The average Bonchev–Trinajstić information content (AvgIpc) is 2.67. The minimum atomic E-state index is -3.92. The first-order chi connectivity index (χ1) is 13.3. The molecule has 1 atom stereocenters. The first-order valence-electron chi connectivity index (χ1n) is 9.08. The van der Waals surface area contributed by atoms with Gasteiger partial charge in [-0.25, -0.2) is 8.42 Å². The van der Waals surface area contributed by atoms with Crippen molar-refractivity contribution in [2.45, 2.75) is 38.1 Å². The molecular weight excluding hydrogens is 444 g/mol. The molecule has 0 heterocycles. The van der Waals surface area contributed by atoms with Crippen LogP contribution in [0.5, 0.6) is 5.75 Å². The third-order valence-electron chi connectivity index (χ3n) is 4.14. The van der Waals surface area contributed by atoms with E-state index in [1.807, 2.05) is 20.8 Å². The Balaban J connectivity index is 2.40. The summed E-state index contributed by atoms with van der Waals surface area (Å²) < 4.78 is 33.8. The maximum Gasteiger partial charge on any atom is 0.264 e. The lowest BCUT2D eigenvalue weighted by Gasteiger charge is -2.25. The van der Waals surface area contributed by atoms with E-state index in [-0.39, 0.29) is 23.4 Å². The van der Waals surface area contributed by atoms with Crippen LogP contribution in [0.4, 0.5) is 5.69 Å². The second kappa shape index (κ2) is 9.93. The molecule has 2 rings (SSSR count). The number of carbonyl (C=O) groups excluding carboxylic acids is 1. The zero-order valence-corrected chi connectivity index (χ0v) is 18.6. The molecule has 0 unspecified atom stereocenters. The lowest BCUT2D eigenvalue weighted by molar-refractivity contribution is -0.120. The molecule has 0 aliphatic rings. The zero-order chi connectivity index (χ0) is 20.7. The quantitative estimate of drug-likeness (QED) is 0.604. The summed E-state index contributed by atoms with van der Waals surface area (Å²) in [6.45, 7) is 5.90. The fourth-order valence-corrected chi connectivity index (χ4v) is 4.16. The van der Waals surface area contributed by atoms with E-state index in [0.29, 0.717) is 18.0 Å². The molecule has 0 spiro atoms. The van der Waals surface area contributed by atoms with Crippen LogP contribution >= 0.6 is 15.9 Å². The number of hydrogen-bond donors (Lipinski definition) is 1. The van der Waals surface area contributed by atoms with Crippen molar-refractivity contribution in [1.29, 1.82) is 0 Å². The number of halogens is 1. The maximum atomic E-state index is 13.2. The number of anilines is 1. The van der Waals surface area contributed by atoms with E-state index in [1.54, 1.807) is 36.4 Å². The Hall–Kier alpha value is -2.06. The van der Waals surface area contributed by atoms with Crippen molar-refractivity contribution >= 4 is 37.5 Å². The summed E-state index contributed by atoms with van der Waals surface area (Å²) in [7, 11) is -3.92. The summed E-state index contributed by atoms with van der Waals surface area (Å²) >= 11 is 3.31. The van der Waals surface area contributed by atoms with E-state index in [0.717, 1.165) is 15.2 Å². The van der Waals surface area contributed by atoms with Gasteiger partial charge in [0.15, 0.2) is 0 Å². The van der Waals surface area contributed by atoms with Gasteiger partial charge in [0, 0.05) is 10.5 Å². The van der Waals surface area contributed by atoms with Crippen molar-refractivity contribution in [2.75, 3.05) is 17.5 Å². The third-order valence-corrected chi connectivity index (χ3v) is 6.46. The minimum absolute atomic E-state index is 0.0370. The Morgan fingerprint density at radius 3 is 2.25 bits per heavy atom. The number of ether oxygens (including phenoxy) is 1. The molecule has 6 nitrogen and oxygen atoms in total. The van der Waals surface area contributed by atoms with Crippen LogP contribution < -0.4 is 14.4 Å². The molecule has 8 heteroatoms. The number of nitrogens with one attached hydrogen (secondary N) is 1. The van der Waals surface area contributed by atoms with E-state index < -0.39 is 10.0 Å². The summed E-state index contributed by atoms with van der Waals surface area (Å²) in [4.78, 5) is 12.6. The molecule has 0 aliphatic carbocycles. The highest BCUT2D eigenvalue weighted by atomic mass is 79.9. The minimum Gasteiger partial charge on any atom is -0.494 e. The Labute approximate surface area is 175 Å². The van der Waals surface area contributed by atoms with Crippen molar-refractivity contribution in [3.8, 4) is 5.75 Å². The number of rotatable bonds is 9. The summed E-state index contributed by atoms with van der Waals surface area (Å²) in [5.41, 5.74) is 0.394. The van der Waals surface area contributed by atoms with Gasteiger partial charge in [-0.15, -0.1) is 0 Å². The van der Waals surface area contributed by atoms with Crippen molar-refractivity contribution in [3.63, 3.8) is 0 Å². The van der Waals surface area contributed by atoms with Gasteiger partial charge in [0.1, 0.15) is 12.3 Å². The Kier molecular flexibility index (Phi) is 7.88. The maximum absolute atomic E-state index is 13.2. The van der Waals surface area contributed by atoms with Gasteiger partial charge in [0.25, 0.3) is 10.0 Å². The smallest absolute Gasteiger partial charge is 0.264 e. The summed E-state index contributed by atoms with van der Waals surface area (Å²) in [6, 6.07) is 12.9. The van der Waals surface area contributed by atoms with Crippen LogP contribution in [0.2, 0.25) is 0 Å². The van der Waals surface area contributed by atoms with Gasteiger partial charge in [0.2, 0.25) is 5.91 Å². The van der Waals surface area contributed by atoms with E-state index in [4.69, 9.17) is 4.74 Å². The van der Waals surface area contributed by atoms with E-state index in [2.05, 4.69) is 21.2 Å². The van der Waals surface area contributed by atoms with Gasteiger partial charge in [-0.1, -0.05) is 22.9 Å². The van der Waals surface area contributed by atoms with Gasteiger partial charge in [-0.2, -0.15) is 0 Å². The lowest BCUT2D eigenvalue weighted by atomic mass is 10.2. The number of hydrogen-bond acceptors (Lipinski definition) is 4. The highest BCUT2D eigenvalue weighted by molar-refractivity contribution is 9.10. The molecule has 1 N–H and O–H groups in total. The third kappa shape index (κ3) is 5.72. The molecule has 28 heavy (non-hydrogen) atoms. The zero-order valence-electron chi connectivity index (χ0n) is 16.2. The normalized spacial score (nSPS) is 12.3. The van der Waals surface area contributed by atoms with E-state index >= 15 is 0 Å². The van der Waals surface area contributed by atoms with Crippen molar-refractivity contribution in [1.82, 2.24) is 5.32 Å². The Bertz CT molecular complexity index is 883. The molecule has 2 aromatic carbocycles. The standard InChI is InChI=1S/C20H25BrN2O4S/c1-4-15(3)22-20(24)14-23(17-8-10-18(11-9-17)27-5-2)28(25,26)19-12-6-16(21)7-13-19/h6-13,15H,4-5,14H2,1-3H3,(H,22,24)/t15-/m1/s1. The monoisotopic (exact) mass is 468 g/mol. The molecule has 152 valence electrons.